The number of nitrogen functional groups attached to an aromatic ring is 1. The second-order valence-electron chi connectivity index (χ2n) is 3.64. The molecule has 0 amide bonds. The number of pyridine rings is 2. The van der Waals surface area contributed by atoms with Crippen LogP contribution in [0.25, 0.3) is 0 Å². The smallest absolute Gasteiger partial charge is 0.253 e. The third-order valence-electron chi connectivity index (χ3n) is 2.31. The number of halogens is 4. The molecule has 0 aliphatic rings. The van der Waals surface area contributed by atoms with Gasteiger partial charge >= 0.3 is 0 Å². The normalized spacial score (nSPS) is 10.5. The Morgan fingerprint density at radius 1 is 1.05 bits per heavy atom. The number of anilines is 2. The summed E-state index contributed by atoms with van der Waals surface area (Å²) < 4.78 is 52.2. The third kappa shape index (κ3) is 2.72. The van der Waals surface area contributed by atoms with Gasteiger partial charge in [0.2, 0.25) is 11.6 Å². The van der Waals surface area contributed by atoms with Crippen molar-refractivity contribution in [2.75, 3.05) is 11.1 Å². The van der Waals surface area contributed by atoms with E-state index in [4.69, 9.17) is 5.73 Å². The fourth-order valence-corrected chi connectivity index (χ4v) is 1.37. The van der Waals surface area contributed by atoms with Crippen molar-refractivity contribution in [1.82, 2.24) is 9.97 Å². The van der Waals surface area contributed by atoms with Crippen LogP contribution in [0.3, 0.4) is 0 Å². The molecule has 8 heteroatoms. The molecule has 0 saturated heterocycles. The Bertz CT molecular complexity index is 574. The minimum Gasteiger partial charge on any atom is -0.384 e. The summed E-state index contributed by atoms with van der Waals surface area (Å²) in [5, 5.41) is 2.25. The lowest BCUT2D eigenvalue weighted by molar-refractivity contribution is 0.410. The molecule has 19 heavy (non-hydrogen) atoms. The molecule has 0 aromatic carbocycles. The van der Waals surface area contributed by atoms with Crippen molar-refractivity contribution in [1.29, 1.82) is 0 Å². The fourth-order valence-electron chi connectivity index (χ4n) is 1.37. The lowest BCUT2D eigenvalue weighted by atomic mass is 10.2. The number of hydrogen-bond donors (Lipinski definition) is 2. The molecule has 0 aliphatic carbocycles. The van der Waals surface area contributed by atoms with E-state index < -0.39 is 29.2 Å². The quantitative estimate of drug-likeness (QED) is 0.664. The largest absolute Gasteiger partial charge is 0.384 e. The molecule has 100 valence electrons. The molecule has 0 saturated carbocycles. The highest BCUT2D eigenvalue weighted by Crippen LogP contribution is 2.22. The van der Waals surface area contributed by atoms with Crippen LogP contribution in [0.15, 0.2) is 18.3 Å². The van der Waals surface area contributed by atoms with Crippen LogP contribution in [0.1, 0.15) is 5.56 Å². The van der Waals surface area contributed by atoms with Gasteiger partial charge in [-0.1, -0.05) is 6.07 Å². The Morgan fingerprint density at radius 3 is 2.21 bits per heavy atom. The van der Waals surface area contributed by atoms with Crippen LogP contribution < -0.4 is 11.1 Å². The number of nitrogens with zero attached hydrogens (tertiary/aromatic N) is 2. The minimum absolute atomic E-state index is 0.0794. The zero-order chi connectivity index (χ0) is 14.0. The summed E-state index contributed by atoms with van der Waals surface area (Å²) in [5.41, 5.74) is 4.98. The Kier molecular flexibility index (Phi) is 3.50. The van der Waals surface area contributed by atoms with E-state index in [-0.39, 0.29) is 12.4 Å². The zero-order valence-corrected chi connectivity index (χ0v) is 9.42. The highest BCUT2D eigenvalue weighted by molar-refractivity contribution is 5.46. The van der Waals surface area contributed by atoms with Crippen molar-refractivity contribution in [2.24, 2.45) is 0 Å². The van der Waals surface area contributed by atoms with E-state index in [0.717, 1.165) is 0 Å². The fraction of sp³-hybridized carbons (Fsp3) is 0.0909. The Labute approximate surface area is 105 Å². The molecule has 2 aromatic heterocycles. The van der Waals surface area contributed by atoms with Crippen LogP contribution in [0.5, 0.6) is 0 Å². The molecular formula is C11H8F4N4. The SMILES string of the molecule is Nc1ccc(CNc2c(F)c(F)nc(F)c2F)cn1. The molecule has 0 bridgehead atoms. The summed E-state index contributed by atoms with van der Waals surface area (Å²) >= 11 is 0. The van der Waals surface area contributed by atoms with Crippen LogP contribution >= 0.6 is 0 Å². The maximum Gasteiger partial charge on any atom is 0.253 e. The highest BCUT2D eigenvalue weighted by atomic mass is 19.2. The van der Waals surface area contributed by atoms with Crippen LogP contribution in [0, 0.1) is 23.5 Å². The number of hydrogen-bond acceptors (Lipinski definition) is 4. The van der Waals surface area contributed by atoms with Crippen molar-refractivity contribution in [2.45, 2.75) is 6.54 Å². The van der Waals surface area contributed by atoms with E-state index in [9.17, 15) is 17.6 Å². The lowest BCUT2D eigenvalue weighted by Gasteiger charge is -2.09. The molecule has 2 rings (SSSR count). The van der Waals surface area contributed by atoms with E-state index in [1.165, 1.54) is 12.3 Å². The second-order valence-corrected chi connectivity index (χ2v) is 3.64. The standard InChI is InChI=1S/C11H8F4N4/c12-7-9(8(13)11(15)19-10(7)14)18-4-5-1-2-6(16)17-3-5/h1-3H,4H2,(H2,16,17)(H,18,19). The average molecular weight is 272 g/mol. The number of aromatic nitrogens is 2. The van der Waals surface area contributed by atoms with Gasteiger partial charge in [-0.05, 0) is 11.6 Å². The predicted molar refractivity (Wildman–Crippen MR) is 60.0 cm³/mol. The molecule has 0 aliphatic heterocycles. The van der Waals surface area contributed by atoms with Gasteiger partial charge in [-0.2, -0.15) is 22.5 Å². The van der Waals surface area contributed by atoms with Crippen molar-refractivity contribution in [3.63, 3.8) is 0 Å². The number of nitrogens with one attached hydrogen (secondary N) is 1. The number of nitrogens with two attached hydrogens (primary N) is 1. The first-order chi connectivity index (χ1) is 8.99. The maximum absolute atomic E-state index is 13.3. The van der Waals surface area contributed by atoms with E-state index in [1.54, 1.807) is 6.07 Å². The van der Waals surface area contributed by atoms with Crippen molar-refractivity contribution in [3.05, 3.63) is 47.4 Å². The van der Waals surface area contributed by atoms with Crippen LogP contribution in [0.4, 0.5) is 29.1 Å². The Morgan fingerprint density at radius 2 is 1.68 bits per heavy atom. The summed E-state index contributed by atoms with van der Waals surface area (Å²) in [6.07, 6.45) is 1.37. The van der Waals surface area contributed by atoms with Gasteiger partial charge in [0, 0.05) is 12.7 Å². The van der Waals surface area contributed by atoms with Gasteiger partial charge in [-0.25, -0.2) is 4.98 Å². The van der Waals surface area contributed by atoms with Gasteiger partial charge in [0.05, 0.1) is 0 Å². The van der Waals surface area contributed by atoms with Crippen LogP contribution in [-0.2, 0) is 6.54 Å². The van der Waals surface area contributed by atoms with Gasteiger partial charge in [0.15, 0.2) is 0 Å². The molecule has 0 fully saturated rings. The first-order valence-electron chi connectivity index (χ1n) is 5.13. The van der Waals surface area contributed by atoms with E-state index in [2.05, 4.69) is 15.3 Å². The lowest BCUT2D eigenvalue weighted by Crippen LogP contribution is -2.09. The topological polar surface area (TPSA) is 63.8 Å². The van der Waals surface area contributed by atoms with Gasteiger partial charge < -0.3 is 11.1 Å². The Balaban J connectivity index is 2.22. The maximum atomic E-state index is 13.3. The summed E-state index contributed by atoms with van der Waals surface area (Å²) in [7, 11) is 0. The van der Waals surface area contributed by atoms with Crippen LogP contribution in [-0.4, -0.2) is 9.97 Å². The molecule has 4 nitrogen and oxygen atoms in total. The van der Waals surface area contributed by atoms with Crippen molar-refractivity contribution >= 4 is 11.5 Å². The van der Waals surface area contributed by atoms with Crippen molar-refractivity contribution < 1.29 is 17.6 Å². The summed E-state index contributed by atoms with van der Waals surface area (Å²) in [6, 6.07) is 3.04. The zero-order valence-electron chi connectivity index (χ0n) is 9.42. The van der Waals surface area contributed by atoms with Crippen molar-refractivity contribution in [3.8, 4) is 0 Å². The first-order valence-corrected chi connectivity index (χ1v) is 5.13. The van der Waals surface area contributed by atoms with Gasteiger partial charge in [-0.15, -0.1) is 0 Å². The number of rotatable bonds is 3. The third-order valence-corrected chi connectivity index (χ3v) is 2.31. The Hall–Kier alpha value is -2.38. The molecule has 0 spiro atoms. The van der Waals surface area contributed by atoms with Gasteiger partial charge in [-0.3, -0.25) is 0 Å². The average Bonchev–Trinajstić information content (AvgIpc) is 2.38. The summed E-state index contributed by atoms with van der Waals surface area (Å²) in [6.45, 7) is -0.0794. The molecule has 0 atom stereocenters. The monoisotopic (exact) mass is 272 g/mol. The van der Waals surface area contributed by atoms with Gasteiger partial charge in [0.25, 0.3) is 11.9 Å². The minimum atomic E-state index is -1.71. The predicted octanol–water partition coefficient (Wildman–Crippen LogP) is 2.23. The van der Waals surface area contributed by atoms with Crippen LogP contribution in [0.2, 0.25) is 0 Å². The molecule has 2 heterocycles. The van der Waals surface area contributed by atoms with E-state index >= 15 is 0 Å². The summed E-state index contributed by atoms with van der Waals surface area (Å²) in [5.74, 6) is -6.31. The first kappa shape index (κ1) is 13.1. The molecule has 0 radical (unpaired) electrons. The van der Waals surface area contributed by atoms with E-state index in [1.807, 2.05) is 0 Å². The summed E-state index contributed by atoms with van der Waals surface area (Å²) in [4.78, 5) is 6.21. The second kappa shape index (κ2) is 5.09. The molecular weight excluding hydrogens is 264 g/mol. The van der Waals surface area contributed by atoms with E-state index in [0.29, 0.717) is 5.56 Å². The van der Waals surface area contributed by atoms with Gasteiger partial charge in [0.1, 0.15) is 11.5 Å². The molecule has 3 N–H and O–H groups in total. The molecule has 0 unspecified atom stereocenters. The highest BCUT2D eigenvalue weighted by Gasteiger charge is 2.20. The molecule has 2 aromatic rings.